The SMILES string of the molecule is C=CCOc1ccc(CNCC(C)CN(C)C(=O)OC(C)(C)C)cc1. The van der Waals surface area contributed by atoms with Crippen LogP contribution in [0.4, 0.5) is 4.79 Å². The molecular formula is C20H32N2O3. The topological polar surface area (TPSA) is 50.8 Å². The van der Waals surface area contributed by atoms with E-state index in [1.807, 2.05) is 45.0 Å². The van der Waals surface area contributed by atoms with E-state index < -0.39 is 5.60 Å². The first-order chi connectivity index (χ1) is 11.7. The Labute approximate surface area is 152 Å². The second-order valence-electron chi connectivity index (χ2n) is 7.34. The van der Waals surface area contributed by atoms with Crippen LogP contribution < -0.4 is 10.1 Å². The van der Waals surface area contributed by atoms with Crippen LogP contribution >= 0.6 is 0 Å². The van der Waals surface area contributed by atoms with E-state index >= 15 is 0 Å². The number of hydrogen-bond donors (Lipinski definition) is 1. The minimum atomic E-state index is -0.464. The molecule has 1 unspecified atom stereocenters. The molecule has 1 amide bonds. The van der Waals surface area contributed by atoms with Crippen molar-refractivity contribution < 1.29 is 14.3 Å². The van der Waals surface area contributed by atoms with Crippen LogP contribution in [-0.4, -0.2) is 43.3 Å². The maximum Gasteiger partial charge on any atom is 0.410 e. The van der Waals surface area contributed by atoms with Gasteiger partial charge in [0, 0.05) is 20.1 Å². The van der Waals surface area contributed by atoms with Crippen LogP contribution in [0.15, 0.2) is 36.9 Å². The molecule has 1 aromatic rings. The van der Waals surface area contributed by atoms with Gasteiger partial charge in [-0.05, 0) is 50.9 Å². The van der Waals surface area contributed by atoms with Gasteiger partial charge in [-0.25, -0.2) is 4.79 Å². The van der Waals surface area contributed by atoms with Crippen molar-refractivity contribution in [2.45, 2.75) is 39.8 Å². The molecule has 0 aliphatic carbocycles. The molecule has 0 heterocycles. The zero-order valence-electron chi connectivity index (χ0n) is 16.2. The van der Waals surface area contributed by atoms with Crippen LogP contribution in [0.25, 0.3) is 0 Å². The number of ether oxygens (including phenoxy) is 2. The van der Waals surface area contributed by atoms with Crippen molar-refractivity contribution in [1.82, 2.24) is 10.2 Å². The Morgan fingerprint density at radius 1 is 1.32 bits per heavy atom. The largest absolute Gasteiger partial charge is 0.490 e. The Morgan fingerprint density at radius 2 is 1.96 bits per heavy atom. The number of benzene rings is 1. The number of carbonyl (C=O) groups excluding carboxylic acids is 1. The van der Waals surface area contributed by atoms with Crippen molar-refractivity contribution in [3.05, 3.63) is 42.5 Å². The Morgan fingerprint density at radius 3 is 2.52 bits per heavy atom. The molecule has 0 saturated carbocycles. The van der Waals surface area contributed by atoms with Crippen molar-refractivity contribution in [3.63, 3.8) is 0 Å². The van der Waals surface area contributed by atoms with Gasteiger partial charge in [-0.2, -0.15) is 0 Å². The molecule has 25 heavy (non-hydrogen) atoms. The first-order valence-electron chi connectivity index (χ1n) is 8.68. The highest BCUT2D eigenvalue weighted by atomic mass is 16.6. The monoisotopic (exact) mass is 348 g/mol. The smallest absolute Gasteiger partial charge is 0.410 e. The van der Waals surface area contributed by atoms with Crippen LogP contribution in [0.1, 0.15) is 33.3 Å². The van der Waals surface area contributed by atoms with E-state index in [2.05, 4.69) is 18.8 Å². The molecule has 1 N–H and O–H groups in total. The van der Waals surface area contributed by atoms with Crippen molar-refractivity contribution in [1.29, 1.82) is 0 Å². The Hall–Kier alpha value is -2.01. The third kappa shape index (κ3) is 9.15. The van der Waals surface area contributed by atoms with Crippen LogP contribution in [0, 0.1) is 5.92 Å². The molecule has 5 heteroatoms. The highest BCUT2D eigenvalue weighted by molar-refractivity contribution is 5.67. The van der Waals surface area contributed by atoms with E-state index in [-0.39, 0.29) is 6.09 Å². The Kier molecular flexibility index (Phi) is 8.49. The number of nitrogens with one attached hydrogen (secondary N) is 1. The van der Waals surface area contributed by atoms with Crippen LogP contribution in [0.3, 0.4) is 0 Å². The maximum atomic E-state index is 12.0. The van der Waals surface area contributed by atoms with E-state index in [0.717, 1.165) is 18.8 Å². The van der Waals surface area contributed by atoms with Gasteiger partial charge in [0.2, 0.25) is 0 Å². The fourth-order valence-corrected chi connectivity index (χ4v) is 2.27. The molecular weight excluding hydrogens is 316 g/mol. The van der Waals surface area contributed by atoms with Gasteiger partial charge in [0.15, 0.2) is 0 Å². The summed E-state index contributed by atoms with van der Waals surface area (Å²) in [5.74, 6) is 1.17. The summed E-state index contributed by atoms with van der Waals surface area (Å²) in [5, 5.41) is 3.42. The van der Waals surface area contributed by atoms with Crippen LogP contribution in [-0.2, 0) is 11.3 Å². The molecule has 0 bridgehead atoms. The molecule has 0 radical (unpaired) electrons. The van der Waals surface area contributed by atoms with Crippen molar-refractivity contribution >= 4 is 6.09 Å². The van der Waals surface area contributed by atoms with Crippen LogP contribution in [0.2, 0.25) is 0 Å². The van der Waals surface area contributed by atoms with Gasteiger partial charge in [0.25, 0.3) is 0 Å². The zero-order valence-corrected chi connectivity index (χ0v) is 16.2. The van der Waals surface area contributed by atoms with E-state index in [0.29, 0.717) is 19.1 Å². The van der Waals surface area contributed by atoms with E-state index in [1.165, 1.54) is 5.56 Å². The van der Waals surface area contributed by atoms with Gasteiger partial charge in [-0.15, -0.1) is 0 Å². The normalized spacial score (nSPS) is 12.4. The molecule has 1 rings (SSSR count). The lowest BCUT2D eigenvalue weighted by Gasteiger charge is -2.26. The van der Waals surface area contributed by atoms with Gasteiger partial charge in [0.05, 0.1) is 0 Å². The Bertz CT molecular complexity index is 535. The van der Waals surface area contributed by atoms with Crippen molar-refractivity contribution in [2.24, 2.45) is 5.92 Å². The third-order valence-corrected chi connectivity index (χ3v) is 3.40. The number of amides is 1. The average Bonchev–Trinajstić information content (AvgIpc) is 2.52. The summed E-state index contributed by atoms with van der Waals surface area (Å²) in [7, 11) is 1.77. The number of carbonyl (C=O) groups is 1. The van der Waals surface area contributed by atoms with E-state index in [4.69, 9.17) is 9.47 Å². The summed E-state index contributed by atoms with van der Waals surface area (Å²) in [6.45, 7) is 14.1. The van der Waals surface area contributed by atoms with E-state index in [9.17, 15) is 4.79 Å². The number of nitrogens with zero attached hydrogens (tertiary/aromatic N) is 1. The predicted molar refractivity (Wildman–Crippen MR) is 102 cm³/mol. The molecule has 5 nitrogen and oxygen atoms in total. The van der Waals surface area contributed by atoms with Gasteiger partial charge in [-0.3, -0.25) is 0 Å². The third-order valence-electron chi connectivity index (χ3n) is 3.40. The molecule has 0 fully saturated rings. The predicted octanol–water partition coefficient (Wildman–Crippen LogP) is 3.84. The average molecular weight is 348 g/mol. The highest BCUT2D eigenvalue weighted by Crippen LogP contribution is 2.12. The van der Waals surface area contributed by atoms with Crippen LogP contribution in [0.5, 0.6) is 5.75 Å². The summed E-state index contributed by atoms with van der Waals surface area (Å²) < 4.78 is 10.8. The van der Waals surface area contributed by atoms with E-state index in [1.54, 1.807) is 18.0 Å². The summed E-state index contributed by atoms with van der Waals surface area (Å²) in [6, 6.07) is 8.01. The second-order valence-corrected chi connectivity index (χ2v) is 7.34. The maximum absolute atomic E-state index is 12.0. The lowest BCUT2D eigenvalue weighted by Crippen LogP contribution is -2.38. The molecule has 1 aromatic carbocycles. The molecule has 140 valence electrons. The molecule has 0 saturated heterocycles. The first kappa shape index (κ1) is 21.0. The zero-order chi connectivity index (χ0) is 18.9. The fourth-order valence-electron chi connectivity index (χ4n) is 2.27. The number of rotatable bonds is 9. The lowest BCUT2D eigenvalue weighted by molar-refractivity contribution is 0.0277. The molecule has 1 atom stereocenters. The van der Waals surface area contributed by atoms with Crippen molar-refractivity contribution in [3.8, 4) is 5.75 Å². The van der Waals surface area contributed by atoms with Gasteiger partial charge < -0.3 is 19.7 Å². The summed E-state index contributed by atoms with van der Waals surface area (Å²) in [6.07, 6.45) is 1.44. The molecule has 0 aliphatic heterocycles. The van der Waals surface area contributed by atoms with Crippen molar-refractivity contribution in [2.75, 3.05) is 26.7 Å². The summed E-state index contributed by atoms with van der Waals surface area (Å²) in [4.78, 5) is 13.6. The quantitative estimate of drug-likeness (QED) is 0.689. The second kappa shape index (κ2) is 10.1. The Balaban J connectivity index is 2.30. The van der Waals surface area contributed by atoms with Gasteiger partial charge in [-0.1, -0.05) is 31.7 Å². The minimum absolute atomic E-state index is 0.283. The minimum Gasteiger partial charge on any atom is -0.490 e. The molecule has 0 aromatic heterocycles. The first-order valence-corrected chi connectivity index (χ1v) is 8.68. The molecule has 0 spiro atoms. The van der Waals surface area contributed by atoms with Gasteiger partial charge >= 0.3 is 6.09 Å². The summed E-state index contributed by atoms with van der Waals surface area (Å²) >= 11 is 0. The lowest BCUT2D eigenvalue weighted by atomic mass is 10.1. The molecule has 0 aliphatic rings. The fraction of sp³-hybridized carbons (Fsp3) is 0.550. The number of hydrogen-bond acceptors (Lipinski definition) is 4. The summed E-state index contributed by atoms with van der Waals surface area (Å²) in [5.41, 5.74) is 0.729. The van der Waals surface area contributed by atoms with Gasteiger partial charge in [0.1, 0.15) is 18.0 Å². The standard InChI is InChI=1S/C20H32N2O3/c1-7-12-24-18-10-8-17(9-11-18)14-21-13-16(2)15-22(6)19(23)25-20(3,4)5/h7-11,16,21H,1,12-15H2,2-6H3. The highest BCUT2D eigenvalue weighted by Gasteiger charge is 2.20.